The van der Waals surface area contributed by atoms with Gasteiger partial charge in [0.05, 0.1) is 18.2 Å². The predicted molar refractivity (Wildman–Crippen MR) is 75.2 cm³/mol. The third kappa shape index (κ3) is 3.26. The molecule has 0 unspecified atom stereocenters. The molecule has 2 aromatic rings. The number of aliphatic hydroxyl groups excluding tert-OH is 2. The van der Waals surface area contributed by atoms with Crippen molar-refractivity contribution in [3.8, 4) is 5.75 Å². The number of aliphatic hydroxyl groups is 2. The minimum absolute atomic E-state index is 0.0648. The minimum Gasteiger partial charge on any atom is -0.423 e. The number of rotatable bonds is 7. The van der Waals surface area contributed by atoms with E-state index in [1.807, 2.05) is 0 Å². The fourth-order valence-electron chi connectivity index (χ4n) is 2.09. The molecule has 0 aliphatic rings. The topological polar surface area (TPSA) is 102 Å². The van der Waals surface area contributed by atoms with Crippen molar-refractivity contribution in [2.24, 2.45) is 0 Å². The zero-order valence-electron chi connectivity index (χ0n) is 11.4. The molecular weight excluding hydrogens is 276 g/mol. The maximum atomic E-state index is 12.2. The minimum atomic E-state index is -0.424. The fraction of sp³-hybridized carbons (Fsp3) is 0.357. The Bertz CT molecular complexity index is 696. The molecule has 112 valence electrons. The Labute approximate surface area is 120 Å². The molecule has 21 heavy (non-hydrogen) atoms. The quantitative estimate of drug-likeness (QED) is 0.688. The van der Waals surface area contributed by atoms with Crippen LogP contribution in [0.15, 0.2) is 23.1 Å². The molecule has 0 bridgehead atoms. The van der Waals surface area contributed by atoms with E-state index in [2.05, 4.69) is 9.72 Å². The lowest BCUT2D eigenvalue weighted by Gasteiger charge is -2.11. The van der Waals surface area contributed by atoms with Gasteiger partial charge in [0.25, 0.3) is 6.47 Å². The first kappa shape index (κ1) is 15.1. The van der Waals surface area contributed by atoms with Crippen LogP contribution in [0.1, 0.15) is 12.1 Å². The Balaban J connectivity index is 2.59. The largest absolute Gasteiger partial charge is 0.423 e. The molecular formula is C14H16N2O5. The Morgan fingerprint density at radius 3 is 2.76 bits per heavy atom. The number of aryl methyl sites for hydroxylation is 1. The highest BCUT2D eigenvalue weighted by Gasteiger charge is 2.12. The maximum Gasteiger partial charge on any atom is 0.298 e. The van der Waals surface area contributed by atoms with Gasteiger partial charge in [0, 0.05) is 18.8 Å². The summed E-state index contributed by atoms with van der Waals surface area (Å²) in [6, 6.07) is 3.32. The first-order valence-electron chi connectivity index (χ1n) is 6.56. The molecule has 7 heteroatoms. The molecule has 0 radical (unpaired) electrons. The average Bonchev–Trinajstić information content (AvgIpc) is 2.50. The van der Waals surface area contributed by atoms with Crippen molar-refractivity contribution in [3.63, 3.8) is 0 Å². The highest BCUT2D eigenvalue weighted by Crippen LogP contribution is 2.15. The monoisotopic (exact) mass is 292 g/mol. The number of hydrogen-bond acceptors (Lipinski definition) is 6. The van der Waals surface area contributed by atoms with Gasteiger partial charge in [0.15, 0.2) is 5.75 Å². The first-order chi connectivity index (χ1) is 10.2. The summed E-state index contributed by atoms with van der Waals surface area (Å²) >= 11 is 0. The maximum absolute atomic E-state index is 12.2. The number of fused-ring (bicyclic) bond motifs is 1. The molecule has 2 rings (SSSR count). The van der Waals surface area contributed by atoms with Crippen LogP contribution in [0.5, 0.6) is 5.75 Å². The fourth-order valence-corrected chi connectivity index (χ4v) is 2.09. The smallest absolute Gasteiger partial charge is 0.298 e. The second-order valence-electron chi connectivity index (χ2n) is 4.45. The van der Waals surface area contributed by atoms with Gasteiger partial charge in [-0.3, -0.25) is 9.59 Å². The van der Waals surface area contributed by atoms with Crippen molar-refractivity contribution in [1.82, 2.24) is 9.55 Å². The van der Waals surface area contributed by atoms with Gasteiger partial charge < -0.3 is 19.5 Å². The van der Waals surface area contributed by atoms with Gasteiger partial charge in [0.1, 0.15) is 5.65 Å². The first-order valence-corrected chi connectivity index (χ1v) is 6.56. The number of carbonyl (C=O) groups excluding carboxylic acids is 1. The molecule has 2 N–H and O–H groups in total. The molecule has 0 atom stereocenters. The molecule has 7 nitrogen and oxygen atoms in total. The molecule has 0 fully saturated rings. The normalized spacial score (nSPS) is 10.8. The van der Waals surface area contributed by atoms with Crippen LogP contribution in [0, 0.1) is 0 Å². The summed E-state index contributed by atoms with van der Waals surface area (Å²) in [7, 11) is 0. The molecule has 0 aliphatic heterocycles. The third-order valence-corrected chi connectivity index (χ3v) is 3.05. The van der Waals surface area contributed by atoms with E-state index >= 15 is 0 Å². The molecule has 0 saturated carbocycles. The SMILES string of the molecule is O=COc1cn(CCO)c2nc(CCCO)ccc2c1=O. The van der Waals surface area contributed by atoms with E-state index in [-0.39, 0.29) is 32.0 Å². The molecule has 0 aromatic carbocycles. The lowest BCUT2D eigenvalue weighted by Crippen LogP contribution is -2.15. The van der Waals surface area contributed by atoms with E-state index in [0.717, 1.165) is 5.69 Å². The predicted octanol–water partition coefficient (Wildman–Crippen LogP) is -0.151. The molecule has 2 aromatic heterocycles. The van der Waals surface area contributed by atoms with Gasteiger partial charge in [-0.25, -0.2) is 4.98 Å². The Morgan fingerprint density at radius 2 is 2.10 bits per heavy atom. The zero-order chi connectivity index (χ0) is 15.2. The van der Waals surface area contributed by atoms with Crippen LogP contribution < -0.4 is 10.2 Å². The summed E-state index contributed by atoms with van der Waals surface area (Å²) < 4.78 is 6.24. The van der Waals surface area contributed by atoms with E-state index in [1.165, 1.54) is 6.20 Å². The lowest BCUT2D eigenvalue weighted by molar-refractivity contribution is -0.120. The number of nitrogens with zero attached hydrogens (tertiary/aromatic N) is 2. The lowest BCUT2D eigenvalue weighted by atomic mass is 10.2. The molecule has 0 saturated heterocycles. The molecule has 0 amide bonds. The van der Waals surface area contributed by atoms with Crippen LogP contribution in [0.2, 0.25) is 0 Å². The van der Waals surface area contributed by atoms with Crippen molar-refractivity contribution < 1.29 is 19.7 Å². The highest BCUT2D eigenvalue weighted by atomic mass is 16.5. The number of carbonyl (C=O) groups is 1. The highest BCUT2D eigenvalue weighted by molar-refractivity contribution is 5.77. The van der Waals surface area contributed by atoms with E-state index in [4.69, 9.17) is 10.2 Å². The van der Waals surface area contributed by atoms with Gasteiger partial charge in [-0.1, -0.05) is 0 Å². The number of hydrogen-bond donors (Lipinski definition) is 2. The summed E-state index contributed by atoms with van der Waals surface area (Å²) in [6.07, 6.45) is 2.53. The van der Waals surface area contributed by atoms with Crippen LogP contribution in [-0.2, 0) is 17.8 Å². The van der Waals surface area contributed by atoms with Crippen molar-refractivity contribution in [3.05, 3.63) is 34.2 Å². The summed E-state index contributed by atoms with van der Waals surface area (Å²) in [6.45, 7) is 0.341. The van der Waals surface area contributed by atoms with E-state index < -0.39 is 5.43 Å². The van der Waals surface area contributed by atoms with E-state index in [0.29, 0.717) is 23.9 Å². The summed E-state index contributed by atoms with van der Waals surface area (Å²) in [5, 5.41) is 18.3. The molecule has 2 heterocycles. The summed E-state index contributed by atoms with van der Waals surface area (Å²) in [4.78, 5) is 27.0. The molecule has 0 aliphatic carbocycles. The van der Waals surface area contributed by atoms with Gasteiger partial charge in [-0.05, 0) is 25.0 Å². The third-order valence-electron chi connectivity index (χ3n) is 3.05. The summed E-state index contributed by atoms with van der Waals surface area (Å²) in [5.41, 5.74) is 0.738. The van der Waals surface area contributed by atoms with Crippen LogP contribution in [-0.4, -0.2) is 39.5 Å². The number of ether oxygens (including phenoxy) is 1. The number of pyridine rings is 2. The second-order valence-corrected chi connectivity index (χ2v) is 4.45. The average molecular weight is 292 g/mol. The van der Waals surface area contributed by atoms with Crippen molar-refractivity contribution in [1.29, 1.82) is 0 Å². The van der Waals surface area contributed by atoms with Crippen molar-refractivity contribution in [2.75, 3.05) is 13.2 Å². The standard InChI is InChI=1S/C14H16N2O5/c17-6-1-2-10-3-4-11-13(20)12(21-9-19)8-16(5-7-18)14(11)15-10/h3-4,8-9,17-18H,1-2,5-7H2. The van der Waals surface area contributed by atoms with E-state index in [9.17, 15) is 9.59 Å². The van der Waals surface area contributed by atoms with Crippen molar-refractivity contribution >= 4 is 17.5 Å². The van der Waals surface area contributed by atoms with Gasteiger partial charge >= 0.3 is 0 Å². The van der Waals surface area contributed by atoms with Crippen LogP contribution in [0.3, 0.4) is 0 Å². The molecule has 0 spiro atoms. The number of aromatic nitrogens is 2. The van der Waals surface area contributed by atoms with Gasteiger partial charge in [-0.15, -0.1) is 0 Å². The van der Waals surface area contributed by atoms with E-state index in [1.54, 1.807) is 16.7 Å². The van der Waals surface area contributed by atoms with Crippen molar-refractivity contribution in [2.45, 2.75) is 19.4 Å². The van der Waals surface area contributed by atoms with Gasteiger partial charge in [-0.2, -0.15) is 0 Å². The summed E-state index contributed by atoms with van der Waals surface area (Å²) in [5.74, 6) is -0.101. The zero-order valence-corrected chi connectivity index (χ0v) is 11.4. The van der Waals surface area contributed by atoms with Gasteiger partial charge in [0.2, 0.25) is 5.43 Å². The van der Waals surface area contributed by atoms with Crippen LogP contribution in [0.25, 0.3) is 11.0 Å². The van der Waals surface area contributed by atoms with Crippen LogP contribution >= 0.6 is 0 Å². The Morgan fingerprint density at radius 1 is 1.29 bits per heavy atom. The Hall–Kier alpha value is -2.25. The van der Waals surface area contributed by atoms with Crippen LogP contribution in [0.4, 0.5) is 0 Å². The second kappa shape index (κ2) is 6.96. The Kier molecular flexibility index (Phi) is 5.02.